The molecular weight excluding hydrogens is 260 g/mol. The molecule has 96 valence electrons. The molecule has 1 heterocycles. The highest BCUT2D eigenvalue weighted by Gasteiger charge is 2.04. The van der Waals surface area contributed by atoms with E-state index in [1.165, 1.54) is 26.0 Å². The van der Waals surface area contributed by atoms with Crippen molar-refractivity contribution in [1.82, 2.24) is 10.3 Å². The van der Waals surface area contributed by atoms with E-state index in [0.29, 0.717) is 0 Å². The van der Waals surface area contributed by atoms with Crippen LogP contribution in [0.5, 0.6) is 0 Å². The second-order valence-electron chi connectivity index (χ2n) is 4.22. The van der Waals surface area contributed by atoms with Gasteiger partial charge in [0.1, 0.15) is 5.01 Å². The van der Waals surface area contributed by atoms with E-state index in [2.05, 4.69) is 48.4 Å². The van der Waals surface area contributed by atoms with Crippen molar-refractivity contribution in [2.24, 2.45) is 0 Å². The van der Waals surface area contributed by atoms with E-state index in [9.17, 15) is 0 Å². The molecular formula is C14H18N2S2. The van der Waals surface area contributed by atoms with Crippen LogP contribution in [0.15, 0.2) is 29.2 Å². The van der Waals surface area contributed by atoms with Crippen LogP contribution < -0.4 is 5.32 Å². The summed E-state index contributed by atoms with van der Waals surface area (Å²) in [4.78, 5) is 7.21. The Bertz CT molecular complexity index is 501. The molecule has 0 amide bonds. The van der Waals surface area contributed by atoms with Gasteiger partial charge in [0.25, 0.3) is 0 Å². The minimum Gasteiger partial charge on any atom is -0.316 e. The Hall–Kier alpha value is -0.840. The number of benzene rings is 1. The van der Waals surface area contributed by atoms with Crippen LogP contribution in [-0.2, 0) is 12.3 Å². The topological polar surface area (TPSA) is 24.9 Å². The molecule has 0 atom stereocenters. The van der Waals surface area contributed by atoms with Crippen molar-refractivity contribution < 1.29 is 0 Å². The standard InChI is InChI=1S/C14H18N2S2/c1-10-11(2)18-14(16-10)9-17-13-6-4-5-12(7-13)8-15-3/h4-7,15H,8-9H2,1-3H3. The van der Waals surface area contributed by atoms with Crippen molar-refractivity contribution >= 4 is 23.1 Å². The molecule has 0 aliphatic rings. The van der Waals surface area contributed by atoms with Gasteiger partial charge in [0.05, 0.1) is 11.4 Å². The summed E-state index contributed by atoms with van der Waals surface area (Å²) in [6.45, 7) is 5.13. The molecule has 0 aliphatic carbocycles. The molecule has 0 saturated heterocycles. The Morgan fingerprint density at radius 2 is 2.17 bits per heavy atom. The largest absolute Gasteiger partial charge is 0.316 e. The van der Waals surface area contributed by atoms with Crippen molar-refractivity contribution in [2.75, 3.05) is 7.05 Å². The van der Waals surface area contributed by atoms with E-state index in [4.69, 9.17) is 0 Å². The average Bonchev–Trinajstić information content (AvgIpc) is 2.67. The molecule has 0 radical (unpaired) electrons. The summed E-state index contributed by atoms with van der Waals surface area (Å²) in [6.07, 6.45) is 0. The summed E-state index contributed by atoms with van der Waals surface area (Å²) in [5, 5.41) is 4.39. The lowest BCUT2D eigenvalue weighted by atomic mass is 10.2. The van der Waals surface area contributed by atoms with E-state index in [0.717, 1.165) is 12.3 Å². The van der Waals surface area contributed by atoms with Crippen LogP contribution in [0, 0.1) is 13.8 Å². The van der Waals surface area contributed by atoms with Gasteiger partial charge in [0, 0.05) is 16.3 Å². The number of rotatable bonds is 5. The lowest BCUT2D eigenvalue weighted by molar-refractivity contribution is 0.815. The Balaban J connectivity index is 1.99. The Labute approximate surface area is 117 Å². The first-order chi connectivity index (χ1) is 8.69. The lowest BCUT2D eigenvalue weighted by Gasteiger charge is -2.03. The fourth-order valence-electron chi connectivity index (χ4n) is 1.70. The summed E-state index contributed by atoms with van der Waals surface area (Å²) in [5.74, 6) is 0.961. The highest BCUT2D eigenvalue weighted by Crippen LogP contribution is 2.26. The van der Waals surface area contributed by atoms with Gasteiger partial charge in [-0.1, -0.05) is 12.1 Å². The predicted molar refractivity (Wildman–Crippen MR) is 80.4 cm³/mol. The monoisotopic (exact) mass is 278 g/mol. The molecule has 0 unspecified atom stereocenters. The molecule has 0 bridgehead atoms. The van der Waals surface area contributed by atoms with Gasteiger partial charge in [-0.2, -0.15) is 0 Å². The van der Waals surface area contributed by atoms with Crippen molar-refractivity contribution in [3.05, 3.63) is 45.4 Å². The number of nitrogens with zero attached hydrogens (tertiary/aromatic N) is 1. The van der Waals surface area contributed by atoms with Gasteiger partial charge in [-0.05, 0) is 38.6 Å². The summed E-state index contributed by atoms with van der Waals surface area (Å²) in [6, 6.07) is 8.68. The van der Waals surface area contributed by atoms with Crippen molar-refractivity contribution in [1.29, 1.82) is 0 Å². The molecule has 2 rings (SSSR count). The first kappa shape index (κ1) is 13.6. The maximum atomic E-state index is 4.57. The molecule has 2 nitrogen and oxygen atoms in total. The minimum atomic E-state index is 0.921. The van der Waals surface area contributed by atoms with Crippen molar-refractivity contribution in [3.8, 4) is 0 Å². The van der Waals surface area contributed by atoms with Crippen LogP contribution in [0.4, 0.5) is 0 Å². The van der Waals surface area contributed by atoms with Gasteiger partial charge >= 0.3 is 0 Å². The summed E-state index contributed by atoms with van der Waals surface area (Å²) in [7, 11) is 1.97. The molecule has 1 aromatic carbocycles. The summed E-state index contributed by atoms with van der Waals surface area (Å²) in [5.41, 5.74) is 2.49. The number of thiazole rings is 1. The Morgan fingerprint density at radius 3 is 2.83 bits per heavy atom. The van der Waals surface area contributed by atoms with Gasteiger partial charge in [-0.3, -0.25) is 0 Å². The highest BCUT2D eigenvalue weighted by atomic mass is 32.2. The number of hydrogen-bond acceptors (Lipinski definition) is 4. The quantitative estimate of drug-likeness (QED) is 0.843. The SMILES string of the molecule is CNCc1cccc(SCc2nc(C)c(C)s2)c1. The number of thioether (sulfide) groups is 1. The van der Waals surface area contributed by atoms with E-state index >= 15 is 0 Å². The van der Waals surface area contributed by atoms with Gasteiger partial charge in [-0.25, -0.2) is 4.98 Å². The normalized spacial score (nSPS) is 10.8. The fraction of sp³-hybridized carbons (Fsp3) is 0.357. The van der Waals surface area contributed by atoms with Gasteiger partial charge in [0.2, 0.25) is 0 Å². The minimum absolute atomic E-state index is 0.921. The maximum Gasteiger partial charge on any atom is 0.103 e. The molecule has 4 heteroatoms. The zero-order chi connectivity index (χ0) is 13.0. The Kier molecular flexibility index (Phi) is 4.80. The lowest BCUT2D eigenvalue weighted by Crippen LogP contribution is -2.04. The molecule has 0 aliphatic heterocycles. The van der Waals surface area contributed by atoms with Crippen LogP contribution in [-0.4, -0.2) is 12.0 Å². The third kappa shape index (κ3) is 3.57. The molecule has 0 fully saturated rings. The molecule has 2 aromatic rings. The summed E-state index contributed by atoms with van der Waals surface area (Å²) >= 11 is 3.66. The molecule has 0 spiro atoms. The zero-order valence-electron chi connectivity index (χ0n) is 11.0. The average molecular weight is 278 g/mol. The van der Waals surface area contributed by atoms with E-state index < -0.39 is 0 Å². The predicted octanol–water partition coefficient (Wildman–Crippen LogP) is 3.77. The molecule has 0 saturated carbocycles. The molecule has 1 aromatic heterocycles. The number of nitrogens with one attached hydrogen (secondary N) is 1. The third-order valence-electron chi connectivity index (χ3n) is 2.71. The van der Waals surface area contributed by atoms with Gasteiger partial charge < -0.3 is 5.32 Å². The smallest absolute Gasteiger partial charge is 0.103 e. The first-order valence-electron chi connectivity index (χ1n) is 5.98. The molecule has 1 N–H and O–H groups in total. The maximum absolute atomic E-state index is 4.57. The summed E-state index contributed by atoms with van der Waals surface area (Å²) < 4.78 is 0. The second kappa shape index (κ2) is 6.36. The van der Waals surface area contributed by atoms with Gasteiger partial charge in [0.15, 0.2) is 0 Å². The van der Waals surface area contributed by atoms with Crippen LogP contribution in [0.25, 0.3) is 0 Å². The number of hydrogen-bond donors (Lipinski definition) is 1. The Morgan fingerprint density at radius 1 is 1.33 bits per heavy atom. The second-order valence-corrected chi connectivity index (χ2v) is 6.55. The number of aryl methyl sites for hydroxylation is 2. The van der Waals surface area contributed by atoms with Crippen LogP contribution in [0.3, 0.4) is 0 Å². The number of aromatic nitrogens is 1. The van der Waals surface area contributed by atoms with Crippen LogP contribution in [0.1, 0.15) is 21.1 Å². The van der Waals surface area contributed by atoms with Crippen LogP contribution in [0.2, 0.25) is 0 Å². The van der Waals surface area contributed by atoms with Gasteiger partial charge in [-0.15, -0.1) is 23.1 Å². The zero-order valence-corrected chi connectivity index (χ0v) is 12.6. The van der Waals surface area contributed by atoms with E-state index in [1.807, 2.05) is 18.8 Å². The van der Waals surface area contributed by atoms with Crippen LogP contribution >= 0.6 is 23.1 Å². The van der Waals surface area contributed by atoms with E-state index in [-0.39, 0.29) is 0 Å². The van der Waals surface area contributed by atoms with Crippen molar-refractivity contribution in [3.63, 3.8) is 0 Å². The highest BCUT2D eigenvalue weighted by molar-refractivity contribution is 7.98. The molecule has 18 heavy (non-hydrogen) atoms. The van der Waals surface area contributed by atoms with E-state index in [1.54, 1.807) is 11.3 Å². The first-order valence-corrected chi connectivity index (χ1v) is 7.78. The third-order valence-corrected chi connectivity index (χ3v) is 4.98. The fourth-order valence-corrected chi connectivity index (χ4v) is 3.60. The van der Waals surface area contributed by atoms with Crippen molar-refractivity contribution in [2.45, 2.75) is 31.0 Å².